The fourth-order valence-corrected chi connectivity index (χ4v) is 3.51. The number of hydrogen-bond donors (Lipinski definition) is 1. The number of carboxylic acids is 1. The summed E-state index contributed by atoms with van der Waals surface area (Å²) >= 11 is 0. The van der Waals surface area contributed by atoms with Gasteiger partial charge in [-0.1, -0.05) is 20.8 Å². The number of hydrogen-bond acceptors (Lipinski definition) is 4. The lowest BCUT2D eigenvalue weighted by Crippen LogP contribution is -2.19. The molecule has 0 spiro atoms. The van der Waals surface area contributed by atoms with E-state index in [4.69, 9.17) is 5.11 Å². The molecule has 1 atom stereocenters. The quantitative estimate of drug-likeness (QED) is 0.702. The minimum atomic E-state index is -3.13. The topological polar surface area (TPSA) is 71.4 Å². The Morgan fingerprint density at radius 2 is 1.93 bits per heavy atom. The molecule has 90 valence electrons. The van der Waals surface area contributed by atoms with Crippen LogP contribution in [0.4, 0.5) is 0 Å². The molecule has 0 fully saturated rings. The fourth-order valence-electron chi connectivity index (χ4n) is 1.08. The van der Waals surface area contributed by atoms with Crippen LogP contribution in [0.1, 0.15) is 27.2 Å². The number of carboxylic acid groups (broad SMARTS) is 1. The normalized spacial score (nSPS) is 14.1. The lowest BCUT2D eigenvalue weighted by atomic mass is 9.99. The molecule has 0 aliphatic carbocycles. The van der Waals surface area contributed by atoms with Crippen LogP contribution in [0.5, 0.6) is 0 Å². The van der Waals surface area contributed by atoms with Crippen LogP contribution in [0.15, 0.2) is 0 Å². The minimum absolute atomic E-state index is 0.0473. The first-order valence-corrected chi connectivity index (χ1v) is 8.04. The highest BCUT2D eigenvalue weighted by atomic mass is 33.1. The van der Waals surface area contributed by atoms with Crippen LogP contribution >= 0.6 is 10.8 Å². The van der Waals surface area contributed by atoms with Crippen LogP contribution < -0.4 is 0 Å². The molecule has 6 heteroatoms. The summed E-state index contributed by atoms with van der Waals surface area (Å²) in [4.78, 5) is 10.8. The summed E-state index contributed by atoms with van der Waals surface area (Å²) in [5.41, 5.74) is 0. The fraction of sp³-hybridized carbons (Fsp3) is 0.889. The third-order valence-electron chi connectivity index (χ3n) is 1.91. The molecule has 1 N–H and O–H groups in total. The van der Waals surface area contributed by atoms with Crippen molar-refractivity contribution in [2.24, 2.45) is 11.8 Å². The summed E-state index contributed by atoms with van der Waals surface area (Å²) in [5.74, 6) is -1.04. The van der Waals surface area contributed by atoms with Crippen molar-refractivity contribution in [1.29, 1.82) is 0 Å². The molecule has 0 saturated carbocycles. The average molecular weight is 254 g/mol. The Labute approximate surface area is 94.8 Å². The van der Waals surface area contributed by atoms with Gasteiger partial charge in [-0.25, -0.2) is 8.42 Å². The zero-order valence-electron chi connectivity index (χ0n) is 9.26. The van der Waals surface area contributed by atoms with E-state index >= 15 is 0 Å². The molecule has 0 radical (unpaired) electrons. The predicted octanol–water partition coefficient (Wildman–Crippen LogP) is 1.82. The van der Waals surface area contributed by atoms with Gasteiger partial charge >= 0.3 is 5.97 Å². The van der Waals surface area contributed by atoms with Gasteiger partial charge in [0.25, 0.3) is 0 Å². The van der Waals surface area contributed by atoms with Crippen LogP contribution in [-0.2, 0) is 13.7 Å². The van der Waals surface area contributed by atoms with Gasteiger partial charge in [0.1, 0.15) is 0 Å². The van der Waals surface area contributed by atoms with Crippen molar-refractivity contribution in [2.75, 3.05) is 11.5 Å². The summed E-state index contributed by atoms with van der Waals surface area (Å²) in [6.07, 6.45) is 0.515. The monoisotopic (exact) mass is 254 g/mol. The van der Waals surface area contributed by atoms with Gasteiger partial charge in [-0.05, 0) is 23.1 Å². The second kappa shape index (κ2) is 6.37. The van der Waals surface area contributed by atoms with E-state index in [1.165, 1.54) is 0 Å². The van der Waals surface area contributed by atoms with Gasteiger partial charge in [0, 0.05) is 5.75 Å². The average Bonchev–Trinajstić information content (AvgIpc) is 2.11. The van der Waals surface area contributed by atoms with Gasteiger partial charge in [0.2, 0.25) is 8.87 Å². The summed E-state index contributed by atoms with van der Waals surface area (Å²) in [7, 11) is -2.38. The van der Waals surface area contributed by atoms with Crippen LogP contribution in [0.25, 0.3) is 0 Å². The van der Waals surface area contributed by atoms with Gasteiger partial charge in [0.05, 0.1) is 11.7 Å². The molecule has 15 heavy (non-hydrogen) atoms. The van der Waals surface area contributed by atoms with E-state index in [-0.39, 0.29) is 17.4 Å². The lowest BCUT2D eigenvalue weighted by molar-refractivity contribution is -0.141. The van der Waals surface area contributed by atoms with Crippen LogP contribution in [0, 0.1) is 11.8 Å². The van der Waals surface area contributed by atoms with Crippen molar-refractivity contribution in [3.05, 3.63) is 0 Å². The van der Waals surface area contributed by atoms with Crippen LogP contribution in [-0.4, -0.2) is 31.0 Å². The van der Waals surface area contributed by atoms with E-state index < -0.39 is 20.8 Å². The highest BCUT2D eigenvalue weighted by molar-refractivity contribution is 8.72. The van der Waals surface area contributed by atoms with Gasteiger partial charge in [0.15, 0.2) is 0 Å². The van der Waals surface area contributed by atoms with Crippen molar-refractivity contribution < 1.29 is 18.3 Å². The molecule has 0 aromatic heterocycles. The maximum atomic E-state index is 11.2. The molecular weight excluding hydrogens is 236 g/mol. The van der Waals surface area contributed by atoms with Crippen LogP contribution in [0.2, 0.25) is 0 Å². The summed E-state index contributed by atoms with van der Waals surface area (Å²) in [5, 5.41) is 8.88. The maximum Gasteiger partial charge on any atom is 0.307 e. The Bertz CT molecular complexity index is 295. The van der Waals surface area contributed by atoms with Crippen molar-refractivity contribution in [1.82, 2.24) is 0 Å². The Morgan fingerprint density at radius 3 is 2.27 bits per heavy atom. The first-order chi connectivity index (χ1) is 6.78. The molecular formula is C9H18O4S2. The van der Waals surface area contributed by atoms with Gasteiger partial charge in [-0.2, -0.15) is 0 Å². The maximum absolute atomic E-state index is 11.2. The van der Waals surface area contributed by atoms with E-state index in [1.807, 2.05) is 13.8 Å². The number of rotatable bonds is 7. The highest BCUT2D eigenvalue weighted by Gasteiger charge is 2.21. The van der Waals surface area contributed by atoms with Crippen molar-refractivity contribution in [2.45, 2.75) is 27.2 Å². The molecule has 0 rings (SSSR count). The summed E-state index contributed by atoms with van der Waals surface area (Å²) in [6, 6.07) is 0. The van der Waals surface area contributed by atoms with E-state index in [0.29, 0.717) is 6.42 Å². The first-order valence-electron chi connectivity index (χ1n) is 4.88. The second-order valence-corrected chi connectivity index (χ2v) is 8.29. The number of aliphatic carboxylic acids is 1. The van der Waals surface area contributed by atoms with Gasteiger partial charge < -0.3 is 5.11 Å². The van der Waals surface area contributed by atoms with Gasteiger partial charge in [-0.15, -0.1) is 0 Å². The third kappa shape index (κ3) is 6.78. The Balaban J connectivity index is 4.26. The van der Waals surface area contributed by atoms with Crippen molar-refractivity contribution in [3.63, 3.8) is 0 Å². The lowest BCUT2D eigenvalue weighted by Gasteiger charge is -2.13. The molecule has 4 nitrogen and oxygen atoms in total. The highest BCUT2D eigenvalue weighted by Crippen LogP contribution is 2.22. The smallest absolute Gasteiger partial charge is 0.307 e. The summed E-state index contributed by atoms with van der Waals surface area (Å²) in [6.45, 7) is 5.41. The molecule has 0 aliphatic heterocycles. The Kier molecular flexibility index (Phi) is 6.28. The van der Waals surface area contributed by atoms with E-state index in [9.17, 15) is 13.2 Å². The molecule has 0 aromatic carbocycles. The zero-order valence-corrected chi connectivity index (χ0v) is 10.9. The standard InChI is InChI=1S/C9H18O4S2/c1-4-15(12,13)14-6-8(9(10)11)5-7(2)3/h7-8H,4-6H2,1-3H3,(H,10,11). The molecule has 0 aromatic rings. The predicted molar refractivity (Wildman–Crippen MR) is 62.5 cm³/mol. The Hall–Kier alpha value is -0.230. The van der Waals surface area contributed by atoms with Crippen molar-refractivity contribution in [3.8, 4) is 0 Å². The van der Waals surface area contributed by atoms with Gasteiger partial charge in [-0.3, -0.25) is 4.79 Å². The largest absolute Gasteiger partial charge is 0.481 e. The Morgan fingerprint density at radius 1 is 1.40 bits per heavy atom. The zero-order chi connectivity index (χ0) is 12.1. The molecule has 0 aliphatic rings. The molecule has 1 unspecified atom stereocenters. The third-order valence-corrected chi connectivity index (χ3v) is 5.70. The molecule has 0 saturated heterocycles. The SMILES string of the molecule is CCS(=O)(=O)SCC(CC(C)C)C(=O)O. The van der Waals surface area contributed by atoms with E-state index in [1.54, 1.807) is 6.92 Å². The van der Waals surface area contributed by atoms with E-state index in [2.05, 4.69) is 0 Å². The second-order valence-electron chi connectivity index (χ2n) is 3.80. The molecule has 0 amide bonds. The molecule has 0 heterocycles. The van der Waals surface area contributed by atoms with Crippen LogP contribution in [0.3, 0.4) is 0 Å². The molecule has 0 bridgehead atoms. The van der Waals surface area contributed by atoms with Crippen molar-refractivity contribution >= 4 is 25.6 Å². The van der Waals surface area contributed by atoms with E-state index in [0.717, 1.165) is 10.8 Å². The number of carbonyl (C=O) groups is 1. The summed E-state index contributed by atoms with van der Waals surface area (Å²) < 4.78 is 22.4. The minimum Gasteiger partial charge on any atom is -0.481 e. The first kappa shape index (κ1) is 14.8.